The molecule has 0 saturated heterocycles. The molecule has 4 rings (SSSR count). The van der Waals surface area contributed by atoms with Crippen molar-refractivity contribution in [3.63, 3.8) is 0 Å². The van der Waals surface area contributed by atoms with Crippen molar-refractivity contribution < 1.29 is 9.47 Å². The van der Waals surface area contributed by atoms with Crippen LogP contribution in [0.15, 0.2) is 42.5 Å². The Labute approximate surface area is 161 Å². The molecule has 0 aliphatic rings. The summed E-state index contributed by atoms with van der Waals surface area (Å²) >= 11 is 1.49. The molecule has 6 nitrogen and oxygen atoms in total. The lowest BCUT2D eigenvalue weighted by atomic mass is 10.1. The number of aryl methyl sites for hydroxylation is 2. The van der Waals surface area contributed by atoms with Gasteiger partial charge < -0.3 is 9.47 Å². The lowest BCUT2D eigenvalue weighted by molar-refractivity contribution is 0.303. The summed E-state index contributed by atoms with van der Waals surface area (Å²) < 4.78 is 12.9. The highest BCUT2D eigenvalue weighted by Crippen LogP contribution is 2.21. The number of benzene rings is 2. The molecule has 0 saturated carbocycles. The molecule has 0 aliphatic carbocycles. The fraction of sp³-hybridized carbons (Fsp3) is 0.250. The summed E-state index contributed by atoms with van der Waals surface area (Å²) in [4.78, 5) is 0.775. The first-order valence-electron chi connectivity index (χ1n) is 8.65. The first kappa shape index (κ1) is 17.5. The first-order chi connectivity index (χ1) is 13.1. The van der Waals surface area contributed by atoms with Gasteiger partial charge in [0.2, 0.25) is 4.96 Å². The number of aromatic nitrogens is 4. The van der Waals surface area contributed by atoms with Crippen LogP contribution >= 0.6 is 11.3 Å². The van der Waals surface area contributed by atoms with Crippen molar-refractivity contribution in [2.24, 2.45) is 0 Å². The van der Waals surface area contributed by atoms with Gasteiger partial charge in [-0.15, -0.1) is 10.2 Å². The number of hydrogen-bond acceptors (Lipinski definition) is 6. The third-order valence-electron chi connectivity index (χ3n) is 4.46. The number of nitrogens with zero attached hydrogens (tertiary/aromatic N) is 4. The summed E-state index contributed by atoms with van der Waals surface area (Å²) in [5, 5.41) is 14.0. The largest absolute Gasteiger partial charge is 0.497 e. The SMILES string of the molecule is COc1ccc(Cc2nnc3sc(COc4ccc(C)c(C)c4)nn23)cc1. The van der Waals surface area contributed by atoms with Gasteiger partial charge in [-0.3, -0.25) is 0 Å². The van der Waals surface area contributed by atoms with E-state index in [1.54, 1.807) is 11.6 Å². The van der Waals surface area contributed by atoms with E-state index in [9.17, 15) is 0 Å². The molecule has 7 heteroatoms. The number of fused-ring (bicyclic) bond motifs is 1. The molecule has 27 heavy (non-hydrogen) atoms. The van der Waals surface area contributed by atoms with Crippen LogP contribution in [0, 0.1) is 13.8 Å². The normalized spacial score (nSPS) is 11.1. The molecule has 0 N–H and O–H groups in total. The smallest absolute Gasteiger partial charge is 0.234 e. The molecule has 0 atom stereocenters. The molecule has 0 spiro atoms. The molecule has 2 aromatic heterocycles. The molecule has 0 bridgehead atoms. The lowest BCUT2D eigenvalue weighted by Gasteiger charge is -2.06. The van der Waals surface area contributed by atoms with Crippen LogP contribution in [0.2, 0.25) is 0 Å². The molecule has 138 valence electrons. The minimum Gasteiger partial charge on any atom is -0.497 e. The Morgan fingerprint density at radius 3 is 2.48 bits per heavy atom. The van der Waals surface area contributed by atoms with Gasteiger partial charge in [-0.1, -0.05) is 29.5 Å². The van der Waals surface area contributed by atoms with Crippen LogP contribution in [0.25, 0.3) is 4.96 Å². The molecule has 0 aliphatic heterocycles. The monoisotopic (exact) mass is 380 g/mol. The van der Waals surface area contributed by atoms with Crippen LogP contribution in [0.4, 0.5) is 0 Å². The Hall–Kier alpha value is -2.93. The van der Waals surface area contributed by atoms with Crippen LogP contribution in [-0.2, 0) is 13.0 Å². The third-order valence-corrected chi connectivity index (χ3v) is 5.33. The highest BCUT2D eigenvalue weighted by Gasteiger charge is 2.13. The van der Waals surface area contributed by atoms with Crippen molar-refractivity contribution >= 4 is 16.3 Å². The van der Waals surface area contributed by atoms with Crippen molar-refractivity contribution in [1.82, 2.24) is 19.8 Å². The van der Waals surface area contributed by atoms with Gasteiger partial charge in [0.1, 0.15) is 18.1 Å². The van der Waals surface area contributed by atoms with E-state index in [0.29, 0.717) is 13.0 Å². The molecular weight excluding hydrogens is 360 g/mol. The summed E-state index contributed by atoms with van der Waals surface area (Å²) in [6.45, 7) is 4.58. The predicted octanol–water partition coefficient (Wildman–Crippen LogP) is 3.98. The van der Waals surface area contributed by atoms with E-state index in [2.05, 4.69) is 35.2 Å². The summed E-state index contributed by atoms with van der Waals surface area (Å²) in [6, 6.07) is 14.0. The fourth-order valence-corrected chi connectivity index (χ4v) is 3.51. The Morgan fingerprint density at radius 1 is 0.963 bits per heavy atom. The van der Waals surface area contributed by atoms with E-state index in [1.165, 1.54) is 22.5 Å². The molecule has 0 fully saturated rings. The zero-order chi connectivity index (χ0) is 18.8. The van der Waals surface area contributed by atoms with Crippen molar-refractivity contribution in [3.8, 4) is 11.5 Å². The predicted molar refractivity (Wildman–Crippen MR) is 105 cm³/mol. The Balaban J connectivity index is 1.48. The van der Waals surface area contributed by atoms with E-state index in [0.717, 1.165) is 32.9 Å². The summed E-state index contributed by atoms with van der Waals surface area (Å²) in [6.07, 6.45) is 0.659. The average Bonchev–Trinajstić information content (AvgIpc) is 3.25. The van der Waals surface area contributed by atoms with Gasteiger partial charge in [0.05, 0.1) is 7.11 Å². The molecule has 0 radical (unpaired) electrons. The number of hydrogen-bond donors (Lipinski definition) is 0. The second-order valence-corrected chi connectivity index (χ2v) is 7.41. The van der Waals surface area contributed by atoms with Crippen molar-refractivity contribution in [2.75, 3.05) is 7.11 Å². The molecular formula is C20H20N4O2S. The van der Waals surface area contributed by atoms with Crippen LogP contribution in [0.3, 0.4) is 0 Å². The van der Waals surface area contributed by atoms with Gasteiger partial charge >= 0.3 is 0 Å². The maximum atomic E-state index is 5.88. The minimum absolute atomic E-state index is 0.415. The van der Waals surface area contributed by atoms with E-state index in [1.807, 2.05) is 36.4 Å². The lowest BCUT2D eigenvalue weighted by Crippen LogP contribution is -2.00. The van der Waals surface area contributed by atoms with Crippen LogP contribution in [0.5, 0.6) is 11.5 Å². The minimum atomic E-state index is 0.415. The Morgan fingerprint density at radius 2 is 1.74 bits per heavy atom. The van der Waals surface area contributed by atoms with E-state index in [4.69, 9.17) is 9.47 Å². The van der Waals surface area contributed by atoms with Crippen molar-refractivity contribution in [2.45, 2.75) is 26.9 Å². The second-order valence-electron chi connectivity index (χ2n) is 6.37. The number of rotatable bonds is 6. The summed E-state index contributed by atoms with van der Waals surface area (Å²) in [5.41, 5.74) is 3.60. The molecule has 0 unspecified atom stereocenters. The van der Waals surface area contributed by atoms with Crippen LogP contribution in [-0.4, -0.2) is 26.9 Å². The van der Waals surface area contributed by atoms with E-state index < -0.39 is 0 Å². The van der Waals surface area contributed by atoms with Crippen LogP contribution < -0.4 is 9.47 Å². The second kappa shape index (κ2) is 7.36. The van der Waals surface area contributed by atoms with Gasteiger partial charge in [-0.2, -0.15) is 9.61 Å². The summed E-state index contributed by atoms with van der Waals surface area (Å²) in [7, 11) is 1.66. The zero-order valence-electron chi connectivity index (χ0n) is 15.5. The number of methoxy groups -OCH3 is 1. The molecule has 4 aromatic rings. The molecule has 0 amide bonds. The average molecular weight is 380 g/mol. The number of ether oxygens (including phenoxy) is 2. The maximum absolute atomic E-state index is 5.88. The Kier molecular flexibility index (Phi) is 4.77. The Bertz CT molecular complexity index is 1070. The highest BCUT2D eigenvalue weighted by molar-refractivity contribution is 7.16. The fourth-order valence-electron chi connectivity index (χ4n) is 2.74. The van der Waals surface area contributed by atoms with Gasteiger partial charge in [0.25, 0.3) is 0 Å². The van der Waals surface area contributed by atoms with Crippen molar-refractivity contribution in [1.29, 1.82) is 0 Å². The van der Waals surface area contributed by atoms with Crippen LogP contribution in [0.1, 0.15) is 27.5 Å². The third kappa shape index (κ3) is 3.78. The topological polar surface area (TPSA) is 61.5 Å². The van der Waals surface area contributed by atoms with E-state index in [-0.39, 0.29) is 0 Å². The van der Waals surface area contributed by atoms with Gasteiger partial charge in [0, 0.05) is 6.42 Å². The molecule has 2 heterocycles. The first-order valence-corrected chi connectivity index (χ1v) is 9.47. The van der Waals surface area contributed by atoms with Gasteiger partial charge in [0.15, 0.2) is 10.8 Å². The van der Waals surface area contributed by atoms with E-state index >= 15 is 0 Å². The van der Waals surface area contributed by atoms with Gasteiger partial charge in [-0.05, 0) is 54.8 Å². The summed E-state index contributed by atoms with van der Waals surface area (Å²) in [5.74, 6) is 2.50. The quantitative estimate of drug-likeness (QED) is 0.506. The maximum Gasteiger partial charge on any atom is 0.234 e. The van der Waals surface area contributed by atoms with Gasteiger partial charge in [-0.25, -0.2) is 0 Å². The van der Waals surface area contributed by atoms with Crippen molar-refractivity contribution in [3.05, 3.63) is 70.0 Å². The molecule has 2 aromatic carbocycles. The zero-order valence-corrected chi connectivity index (χ0v) is 16.3. The highest BCUT2D eigenvalue weighted by atomic mass is 32.1. The standard InChI is InChI=1S/C20H20N4O2S/c1-13-4-7-17(10-14(13)2)26-12-19-23-24-18(21-22-20(24)27-19)11-15-5-8-16(25-3)9-6-15/h4-10H,11-12H2,1-3H3.